The molecule has 3 rings (SSSR count). The third-order valence-electron chi connectivity index (χ3n) is 3.71. The molecule has 0 aliphatic heterocycles. The zero-order chi connectivity index (χ0) is 13.8. The lowest BCUT2D eigenvalue weighted by Gasteiger charge is -2.06. The second-order valence-electron chi connectivity index (χ2n) is 5.09. The van der Waals surface area contributed by atoms with Crippen molar-refractivity contribution in [2.45, 2.75) is 25.8 Å². The van der Waals surface area contributed by atoms with E-state index in [4.69, 9.17) is 4.99 Å². The molecule has 0 spiro atoms. The van der Waals surface area contributed by atoms with E-state index < -0.39 is 0 Å². The van der Waals surface area contributed by atoms with Crippen LogP contribution in [0.5, 0.6) is 0 Å². The summed E-state index contributed by atoms with van der Waals surface area (Å²) in [5.41, 5.74) is 5.27. The minimum atomic E-state index is 0.147. The van der Waals surface area contributed by atoms with Gasteiger partial charge in [0.1, 0.15) is 6.04 Å². The third kappa shape index (κ3) is 2.32. The van der Waals surface area contributed by atoms with Gasteiger partial charge in [0, 0.05) is 6.21 Å². The summed E-state index contributed by atoms with van der Waals surface area (Å²) < 4.78 is 0. The molecule has 0 aromatic heterocycles. The highest BCUT2D eigenvalue weighted by atomic mass is 14.8. The molecule has 0 atom stereocenters. The molecule has 0 N–H and O–H groups in total. The smallest absolute Gasteiger partial charge is 0.101 e. The second kappa shape index (κ2) is 5.87. The zero-order valence-electron chi connectivity index (χ0n) is 11.8. The lowest BCUT2D eigenvalue weighted by Crippen LogP contribution is -1.92. The van der Waals surface area contributed by atoms with E-state index in [1.807, 2.05) is 6.21 Å². The van der Waals surface area contributed by atoms with Crippen LogP contribution in [0.15, 0.2) is 65.7 Å². The lowest BCUT2D eigenvalue weighted by atomic mass is 10.1. The summed E-state index contributed by atoms with van der Waals surface area (Å²) in [6, 6.07) is 17.3. The first-order valence-corrected chi connectivity index (χ1v) is 7.28. The van der Waals surface area contributed by atoms with Crippen LogP contribution in [0.25, 0.3) is 11.1 Å². The van der Waals surface area contributed by atoms with Gasteiger partial charge in [0.15, 0.2) is 0 Å². The first-order valence-electron chi connectivity index (χ1n) is 7.28. The van der Waals surface area contributed by atoms with Crippen molar-refractivity contribution < 1.29 is 0 Å². The summed E-state index contributed by atoms with van der Waals surface area (Å²) in [4.78, 5) is 4.77. The van der Waals surface area contributed by atoms with Crippen molar-refractivity contribution in [3.05, 3.63) is 71.8 Å². The maximum absolute atomic E-state index is 4.77. The van der Waals surface area contributed by atoms with E-state index in [9.17, 15) is 0 Å². The molecular formula is C19H19N. The van der Waals surface area contributed by atoms with Gasteiger partial charge in [-0.05, 0) is 34.8 Å². The van der Waals surface area contributed by atoms with E-state index in [1.165, 1.54) is 28.7 Å². The summed E-state index contributed by atoms with van der Waals surface area (Å²) in [7, 11) is 0. The van der Waals surface area contributed by atoms with Crippen LogP contribution in [0.1, 0.15) is 36.9 Å². The molecule has 0 fully saturated rings. The fourth-order valence-electron chi connectivity index (χ4n) is 2.75. The highest BCUT2D eigenvalue weighted by Crippen LogP contribution is 2.44. The molecule has 100 valence electrons. The molecule has 1 nitrogen and oxygen atoms in total. The minimum absolute atomic E-state index is 0.147. The van der Waals surface area contributed by atoms with E-state index in [2.05, 4.69) is 67.6 Å². The van der Waals surface area contributed by atoms with Crippen LogP contribution in [0.3, 0.4) is 0 Å². The van der Waals surface area contributed by atoms with Crippen LogP contribution >= 0.6 is 0 Å². The topological polar surface area (TPSA) is 12.4 Å². The average molecular weight is 261 g/mol. The standard InChI is InChI=1S/C19H19N/c1-2-3-4-9-14-20-19-17-12-7-5-10-15(17)16-11-6-8-13-18(16)19/h4-14,19H,2-3H2,1H3/b9-4+,20-14?. The van der Waals surface area contributed by atoms with Crippen molar-refractivity contribution in [1.82, 2.24) is 0 Å². The Morgan fingerprint density at radius 3 is 2.15 bits per heavy atom. The average Bonchev–Trinajstić information content (AvgIpc) is 2.82. The lowest BCUT2D eigenvalue weighted by molar-refractivity contribution is 0.908. The Morgan fingerprint density at radius 2 is 1.55 bits per heavy atom. The normalized spacial score (nSPS) is 14.1. The summed E-state index contributed by atoms with van der Waals surface area (Å²) in [5.74, 6) is 0. The highest BCUT2D eigenvalue weighted by molar-refractivity contribution is 5.80. The first kappa shape index (κ1) is 12.9. The molecule has 0 bridgehead atoms. The molecule has 0 saturated carbocycles. The predicted octanol–water partition coefficient (Wildman–Crippen LogP) is 5.18. The quantitative estimate of drug-likeness (QED) is 0.672. The van der Waals surface area contributed by atoms with Gasteiger partial charge in [-0.25, -0.2) is 0 Å². The van der Waals surface area contributed by atoms with Gasteiger partial charge in [0.05, 0.1) is 0 Å². The van der Waals surface area contributed by atoms with Crippen LogP contribution in [-0.2, 0) is 0 Å². The van der Waals surface area contributed by atoms with E-state index >= 15 is 0 Å². The second-order valence-corrected chi connectivity index (χ2v) is 5.09. The Hall–Kier alpha value is -2.15. The molecule has 0 amide bonds. The first-order chi connectivity index (χ1) is 9.92. The number of nitrogens with zero attached hydrogens (tertiary/aromatic N) is 1. The minimum Gasteiger partial charge on any atom is -0.280 e. The molecule has 20 heavy (non-hydrogen) atoms. The third-order valence-corrected chi connectivity index (χ3v) is 3.71. The number of fused-ring (bicyclic) bond motifs is 3. The van der Waals surface area contributed by atoms with Crippen molar-refractivity contribution in [3.8, 4) is 11.1 Å². The van der Waals surface area contributed by atoms with Crippen LogP contribution < -0.4 is 0 Å². The molecule has 0 radical (unpaired) electrons. The van der Waals surface area contributed by atoms with Gasteiger partial charge in [0.25, 0.3) is 0 Å². The molecule has 1 aliphatic carbocycles. The maximum atomic E-state index is 4.77. The number of unbranched alkanes of at least 4 members (excludes halogenated alkanes) is 1. The highest BCUT2D eigenvalue weighted by Gasteiger charge is 2.26. The molecule has 2 aromatic rings. The molecule has 0 saturated heterocycles. The van der Waals surface area contributed by atoms with Gasteiger partial charge in [0.2, 0.25) is 0 Å². The number of allylic oxidation sites excluding steroid dienone is 2. The fourth-order valence-corrected chi connectivity index (χ4v) is 2.75. The van der Waals surface area contributed by atoms with Crippen molar-refractivity contribution in [2.75, 3.05) is 0 Å². The van der Waals surface area contributed by atoms with Crippen LogP contribution in [0, 0.1) is 0 Å². The van der Waals surface area contributed by atoms with Gasteiger partial charge in [-0.2, -0.15) is 0 Å². The number of aliphatic imine (C=N–C) groups is 1. The monoisotopic (exact) mass is 261 g/mol. The summed E-state index contributed by atoms with van der Waals surface area (Å²) in [6.45, 7) is 2.19. The molecule has 1 heteroatoms. The number of benzene rings is 2. The van der Waals surface area contributed by atoms with E-state index in [-0.39, 0.29) is 6.04 Å². The largest absolute Gasteiger partial charge is 0.280 e. The molecule has 0 unspecified atom stereocenters. The van der Waals surface area contributed by atoms with Gasteiger partial charge < -0.3 is 0 Å². The molecular weight excluding hydrogens is 242 g/mol. The molecule has 1 aliphatic rings. The number of rotatable bonds is 4. The van der Waals surface area contributed by atoms with Crippen molar-refractivity contribution in [1.29, 1.82) is 0 Å². The summed E-state index contributed by atoms with van der Waals surface area (Å²) in [5, 5.41) is 0. The SMILES string of the molecule is CCC/C=C/C=NC1c2ccccc2-c2ccccc21. The van der Waals surface area contributed by atoms with Gasteiger partial charge in [-0.15, -0.1) is 0 Å². The Kier molecular flexibility index (Phi) is 3.78. The van der Waals surface area contributed by atoms with E-state index in [0.29, 0.717) is 0 Å². The number of hydrogen-bond acceptors (Lipinski definition) is 1. The Balaban J connectivity index is 1.95. The fraction of sp³-hybridized carbons (Fsp3) is 0.211. The Morgan fingerprint density at radius 1 is 0.950 bits per heavy atom. The van der Waals surface area contributed by atoms with Gasteiger partial charge >= 0.3 is 0 Å². The van der Waals surface area contributed by atoms with E-state index in [0.717, 1.165) is 6.42 Å². The Bertz CT molecular complexity index is 607. The summed E-state index contributed by atoms with van der Waals surface area (Å²) in [6.07, 6.45) is 8.48. The van der Waals surface area contributed by atoms with Crippen molar-refractivity contribution in [3.63, 3.8) is 0 Å². The van der Waals surface area contributed by atoms with Crippen molar-refractivity contribution in [2.24, 2.45) is 4.99 Å². The molecule has 0 heterocycles. The van der Waals surface area contributed by atoms with Crippen molar-refractivity contribution >= 4 is 6.21 Å². The Labute approximate surface area is 120 Å². The van der Waals surface area contributed by atoms with E-state index in [1.54, 1.807) is 0 Å². The van der Waals surface area contributed by atoms with Gasteiger partial charge in [-0.1, -0.05) is 68.0 Å². The predicted molar refractivity (Wildman–Crippen MR) is 86.3 cm³/mol. The maximum Gasteiger partial charge on any atom is 0.101 e. The van der Waals surface area contributed by atoms with Gasteiger partial charge in [-0.3, -0.25) is 4.99 Å². The van der Waals surface area contributed by atoms with Crippen LogP contribution in [0.4, 0.5) is 0 Å². The van der Waals surface area contributed by atoms with Crippen LogP contribution in [0.2, 0.25) is 0 Å². The van der Waals surface area contributed by atoms with Crippen LogP contribution in [-0.4, -0.2) is 6.21 Å². The molecule has 2 aromatic carbocycles. The summed E-state index contributed by atoms with van der Waals surface area (Å²) >= 11 is 0. The zero-order valence-corrected chi connectivity index (χ0v) is 11.8. The number of hydrogen-bond donors (Lipinski definition) is 0.